The van der Waals surface area contributed by atoms with Crippen molar-refractivity contribution in [2.24, 2.45) is 5.73 Å². The summed E-state index contributed by atoms with van der Waals surface area (Å²) in [5, 5.41) is 0. The van der Waals surface area contributed by atoms with Gasteiger partial charge in [-0.25, -0.2) is 0 Å². The lowest BCUT2D eigenvalue weighted by Crippen LogP contribution is -2.30. The second-order valence-corrected chi connectivity index (χ2v) is 6.05. The van der Waals surface area contributed by atoms with E-state index in [9.17, 15) is 0 Å². The van der Waals surface area contributed by atoms with E-state index in [1.165, 1.54) is 33.5 Å². The number of benzene rings is 2. The van der Waals surface area contributed by atoms with Crippen LogP contribution < -0.4 is 10.6 Å². The molecule has 2 rings (SSSR count). The van der Waals surface area contributed by atoms with E-state index in [-0.39, 0.29) is 6.04 Å². The van der Waals surface area contributed by atoms with Crippen molar-refractivity contribution in [3.8, 4) is 0 Å². The molecule has 0 amide bonds. The van der Waals surface area contributed by atoms with Gasteiger partial charge in [0.25, 0.3) is 0 Å². The highest BCUT2D eigenvalue weighted by molar-refractivity contribution is 5.52. The van der Waals surface area contributed by atoms with Crippen LogP contribution in [0.5, 0.6) is 0 Å². The zero-order chi connectivity index (χ0) is 15.6. The van der Waals surface area contributed by atoms with E-state index in [4.69, 9.17) is 5.73 Å². The minimum absolute atomic E-state index is 0.200. The Kier molecular flexibility index (Phi) is 4.69. The van der Waals surface area contributed by atoms with Crippen molar-refractivity contribution in [3.63, 3.8) is 0 Å². The number of nitrogens with two attached hydrogens (primary N) is 1. The maximum absolute atomic E-state index is 6.07. The highest BCUT2D eigenvalue weighted by Gasteiger charge is 2.17. The van der Waals surface area contributed by atoms with Gasteiger partial charge in [0, 0.05) is 19.3 Å². The Bertz CT molecular complexity index is 611. The minimum Gasteiger partial charge on any atom is -0.366 e. The number of likely N-dealkylation sites (N-methyl/N-ethyl adjacent to an activating group) is 1. The molecule has 2 nitrogen and oxygen atoms in total. The molecule has 1 atom stereocenters. The van der Waals surface area contributed by atoms with E-state index < -0.39 is 0 Å². The maximum Gasteiger partial charge on any atom is 0.0661 e. The predicted molar refractivity (Wildman–Crippen MR) is 92.0 cm³/mol. The molecule has 0 aliphatic rings. The summed E-state index contributed by atoms with van der Waals surface area (Å²) in [5.74, 6) is 0. The third-order valence-corrected chi connectivity index (χ3v) is 4.22. The SMILES string of the molecule is Cc1cc(C)cc(N(C)C(CN)c2ccc(C)c(C)c2)c1. The zero-order valence-corrected chi connectivity index (χ0v) is 13.8. The zero-order valence-electron chi connectivity index (χ0n) is 13.8. The molecule has 0 aliphatic heterocycles. The molecule has 2 N–H and O–H groups in total. The van der Waals surface area contributed by atoms with Crippen molar-refractivity contribution in [1.82, 2.24) is 0 Å². The molecule has 0 aromatic heterocycles. The summed E-state index contributed by atoms with van der Waals surface area (Å²) in [4.78, 5) is 2.28. The number of nitrogens with zero attached hydrogens (tertiary/aromatic N) is 1. The van der Waals surface area contributed by atoms with Gasteiger partial charge >= 0.3 is 0 Å². The van der Waals surface area contributed by atoms with Crippen LogP contribution in [-0.4, -0.2) is 13.6 Å². The van der Waals surface area contributed by atoms with Gasteiger partial charge in [-0.2, -0.15) is 0 Å². The molecular weight excluding hydrogens is 256 g/mol. The summed E-state index contributed by atoms with van der Waals surface area (Å²) in [6.07, 6.45) is 0. The molecular formula is C19H26N2. The lowest BCUT2D eigenvalue weighted by atomic mass is 9.99. The summed E-state index contributed by atoms with van der Waals surface area (Å²) in [7, 11) is 2.13. The van der Waals surface area contributed by atoms with Crippen molar-refractivity contribution in [2.45, 2.75) is 33.7 Å². The van der Waals surface area contributed by atoms with Crippen LogP contribution in [-0.2, 0) is 0 Å². The Hall–Kier alpha value is -1.80. The van der Waals surface area contributed by atoms with E-state index >= 15 is 0 Å². The quantitative estimate of drug-likeness (QED) is 0.916. The minimum atomic E-state index is 0.200. The van der Waals surface area contributed by atoms with Crippen LogP contribution in [0.4, 0.5) is 5.69 Å². The van der Waals surface area contributed by atoms with Gasteiger partial charge < -0.3 is 10.6 Å². The number of rotatable bonds is 4. The first kappa shape index (κ1) is 15.6. The number of hydrogen-bond acceptors (Lipinski definition) is 2. The Morgan fingerprint density at radius 3 is 2.05 bits per heavy atom. The van der Waals surface area contributed by atoms with Crippen LogP contribution in [0.15, 0.2) is 36.4 Å². The van der Waals surface area contributed by atoms with Crippen LogP contribution in [0.1, 0.15) is 33.9 Å². The van der Waals surface area contributed by atoms with E-state index in [0.717, 1.165) is 0 Å². The normalized spacial score (nSPS) is 12.3. The molecule has 0 saturated carbocycles. The fourth-order valence-corrected chi connectivity index (χ4v) is 2.82. The van der Waals surface area contributed by atoms with Crippen LogP contribution in [0.2, 0.25) is 0 Å². The fraction of sp³-hybridized carbons (Fsp3) is 0.368. The molecule has 0 fully saturated rings. The van der Waals surface area contributed by atoms with E-state index in [2.05, 4.69) is 76.0 Å². The van der Waals surface area contributed by atoms with Gasteiger partial charge in [0.1, 0.15) is 0 Å². The summed E-state index contributed by atoms with van der Waals surface area (Å²) in [6, 6.07) is 13.5. The van der Waals surface area contributed by atoms with Crippen LogP contribution >= 0.6 is 0 Å². The highest BCUT2D eigenvalue weighted by atomic mass is 15.1. The largest absolute Gasteiger partial charge is 0.366 e. The van der Waals surface area contributed by atoms with Crippen LogP contribution in [0.25, 0.3) is 0 Å². The predicted octanol–water partition coefficient (Wildman–Crippen LogP) is 4.06. The average molecular weight is 282 g/mol. The van der Waals surface area contributed by atoms with Gasteiger partial charge in [-0.15, -0.1) is 0 Å². The molecule has 2 aromatic rings. The third-order valence-electron chi connectivity index (χ3n) is 4.22. The van der Waals surface area contributed by atoms with Crippen molar-refractivity contribution in [1.29, 1.82) is 0 Å². The molecule has 2 heteroatoms. The first-order valence-electron chi connectivity index (χ1n) is 7.50. The van der Waals surface area contributed by atoms with Gasteiger partial charge in [0.05, 0.1) is 6.04 Å². The fourth-order valence-electron chi connectivity index (χ4n) is 2.82. The van der Waals surface area contributed by atoms with E-state index in [1.54, 1.807) is 0 Å². The molecule has 0 heterocycles. The molecule has 21 heavy (non-hydrogen) atoms. The molecule has 112 valence electrons. The van der Waals surface area contributed by atoms with Gasteiger partial charge in [-0.05, 0) is 67.6 Å². The summed E-state index contributed by atoms with van der Waals surface area (Å²) < 4.78 is 0. The first-order chi connectivity index (χ1) is 9.92. The van der Waals surface area contributed by atoms with Crippen molar-refractivity contribution < 1.29 is 0 Å². The Morgan fingerprint density at radius 2 is 1.52 bits per heavy atom. The second kappa shape index (κ2) is 6.31. The maximum atomic E-state index is 6.07. The third kappa shape index (κ3) is 3.45. The molecule has 0 aliphatic carbocycles. The van der Waals surface area contributed by atoms with Gasteiger partial charge in [0.2, 0.25) is 0 Å². The molecule has 0 spiro atoms. The molecule has 1 unspecified atom stereocenters. The number of aryl methyl sites for hydroxylation is 4. The summed E-state index contributed by atoms with van der Waals surface area (Å²) in [6.45, 7) is 9.18. The molecule has 2 aromatic carbocycles. The van der Waals surface area contributed by atoms with Crippen LogP contribution in [0.3, 0.4) is 0 Å². The second-order valence-electron chi connectivity index (χ2n) is 6.05. The van der Waals surface area contributed by atoms with Gasteiger partial charge in [0.15, 0.2) is 0 Å². The highest BCUT2D eigenvalue weighted by Crippen LogP contribution is 2.27. The topological polar surface area (TPSA) is 29.3 Å². The lowest BCUT2D eigenvalue weighted by molar-refractivity contribution is 0.679. The summed E-state index contributed by atoms with van der Waals surface area (Å²) in [5.41, 5.74) is 13.8. The number of hydrogen-bond donors (Lipinski definition) is 1. The Balaban J connectivity index is 2.37. The number of anilines is 1. The van der Waals surface area contributed by atoms with Crippen molar-refractivity contribution in [3.05, 3.63) is 64.2 Å². The monoisotopic (exact) mass is 282 g/mol. The Morgan fingerprint density at radius 1 is 0.905 bits per heavy atom. The first-order valence-corrected chi connectivity index (χ1v) is 7.50. The van der Waals surface area contributed by atoms with Gasteiger partial charge in [-0.1, -0.05) is 24.3 Å². The lowest BCUT2D eigenvalue weighted by Gasteiger charge is -2.30. The molecule has 0 saturated heterocycles. The summed E-state index contributed by atoms with van der Waals surface area (Å²) >= 11 is 0. The standard InChI is InChI=1S/C19H26N2/c1-13-8-14(2)10-18(9-13)21(5)19(12-20)17-7-6-15(3)16(4)11-17/h6-11,19H,12,20H2,1-5H3. The van der Waals surface area contributed by atoms with Crippen molar-refractivity contribution in [2.75, 3.05) is 18.5 Å². The Labute approximate surface area is 128 Å². The van der Waals surface area contributed by atoms with Crippen molar-refractivity contribution >= 4 is 5.69 Å². The van der Waals surface area contributed by atoms with Crippen LogP contribution in [0, 0.1) is 27.7 Å². The smallest absolute Gasteiger partial charge is 0.0661 e. The molecule has 0 radical (unpaired) electrons. The average Bonchev–Trinajstić information content (AvgIpc) is 2.42. The van der Waals surface area contributed by atoms with Gasteiger partial charge in [-0.3, -0.25) is 0 Å². The molecule has 0 bridgehead atoms. The van der Waals surface area contributed by atoms with E-state index in [0.29, 0.717) is 6.54 Å². The van der Waals surface area contributed by atoms with E-state index in [1.807, 2.05) is 0 Å².